The first kappa shape index (κ1) is 36.7. The Morgan fingerprint density at radius 1 is 0.896 bits per heavy atom. The molecule has 0 unspecified atom stereocenters. The van der Waals surface area contributed by atoms with Gasteiger partial charge in [-0.15, -0.1) is 0 Å². The molecule has 0 aromatic heterocycles. The minimum atomic E-state index is -0.212. The molecule has 4 aromatic carbocycles. The Bertz CT molecular complexity index is 1500. The Balaban J connectivity index is 0.000000231. The lowest BCUT2D eigenvalue weighted by atomic mass is 9.96. The highest BCUT2D eigenvalue weighted by Crippen LogP contribution is 2.30. The molecule has 1 amide bonds. The molecule has 1 aliphatic rings. The van der Waals surface area contributed by atoms with E-state index in [2.05, 4.69) is 137 Å². The zero-order valence-electron chi connectivity index (χ0n) is 28.5. The molecule has 0 saturated carbocycles. The number of nitrogens with one attached hydrogen (secondary N) is 1. The molecule has 0 aliphatic carbocycles. The van der Waals surface area contributed by atoms with Crippen molar-refractivity contribution < 1.29 is 9.53 Å². The van der Waals surface area contributed by atoms with E-state index >= 15 is 0 Å². The predicted octanol–water partition coefficient (Wildman–Crippen LogP) is 7.11. The number of nitrogen functional groups attached to an aromatic ring is 1. The maximum Gasteiger partial charge on any atom is 0.255 e. The van der Waals surface area contributed by atoms with Gasteiger partial charge in [0.05, 0.1) is 29.4 Å². The van der Waals surface area contributed by atoms with Crippen LogP contribution >= 0.6 is 11.6 Å². The SMILES string of the molecule is C(=C\c1ccccc1)/CN1CCN(C(c2ccccc2)c2ccccc2)CC1.CCN(CC)CCNC(=O)c1cc(Cl)c(N)cc1OC. The smallest absolute Gasteiger partial charge is 0.255 e. The Kier molecular flexibility index (Phi) is 15.0. The zero-order valence-corrected chi connectivity index (χ0v) is 29.3. The van der Waals surface area contributed by atoms with Crippen LogP contribution in [0.5, 0.6) is 5.75 Å². The molecule has 5 rings (SSSR count). The number of halogens is 1. The van der Waals surface area contributed by atoms with Crippen LogP contribution < -0.4 is 15.8 Å². The standard InChI is InChI=1S/C26H28N2.C14H22ClN3O2/c1-4-11-23(12-5-1)13-10-18-27-19-21-28(22-20-27)26(24-14-6-2-7-15-24)25-16-8-3-9-17-25;1-4-18(5-2)7-6-17-14(19)10-8-11(15)12(16)9-13(10)20-3/h1-17,26H,18-22H2;8-9H,4-7,16H2,1-3H3,(H,17,19)/b13-10+;. The number of hydrogen-bond acceptors (Lipinski definition) is 6. The summed E-state index contributed by atoms with van der Waals surface area (Å²) < 4.78 is 5.16. The second kappa shape index (κ2) is 19.6. The summed E-state index contributed by atoms with van der Waals surface area (Å²) >= 11 is 5.95. The van der Waals surface area contributed by atoms with Crippen LogP contribution in [0.2, 0.25) is 5.02 Å². The summed E-state index contributed by atoms with van der Waals surface area (Å²) in [4.78, 5) is 19.5. The highest BCUT2D eigenvalue weighted by Gasteiger charge is 2.25. The third-order valence-corrected chi connectivity index (χ3v) is 8.97. The third-order valence-electron chi connectivity index (χ3n) is 8.65. The van der Waals surface area contributed by atoms with E-state index in [1.54, 1.807) is 6.07 Å². The minimum Gasteiger partial charge on any atom is -0.496 e. The molecule has 48 heavy (non-hydrogen) atoms. The van der Waals surface area contributed by atoms with Gasteiger partial charge in [-0.05, 0) is 35.8 Å². The monoisotopic (exact) mass is 667 g/mol. The van der Waals surface area contributed by atoms with Crippen LogP contribution in [0.3, 0.4) is 0 Å². The van der Waals surface area contributed by atoms with Gasteiger partial charge in [0.25, 0.3) is 5.91 Å². The number of likely N-dealkylation sites (N-methyl/N-ethyl adjacent to an activating group) is 1. The highest BCUT2D eigenvalue weighted by molar-refractivity contribution is 6.33. The lowest BCUT2D eigenvalue weighted by molar-refractivity contribution is 0.0946. The van der Waals surface area contributed by atoms with Gasteiger partial charge in [-0.25, -0.2) is 0 Å². The maximum atomic E-state index is 12.1. The van der Waals surface area contributed by atoms with Gasteiger partial charge in [-0.2, -0.15) is 0 Å². The van der Waals surface area contributed by atoms with Crippen LogP contribution in [-0.4, -0.2) is 86.6 Å². The van der Waals surface area contributed by atoms with Gasteiger partial charge >= 0.3 is 0 Å². The summed E-state index contributed by atoms with van der Waals surface area (Å²) in [6.07, 6.45) is 4.51. The fourth-order valence-corrected chi connectivity index (χ4v) is 6.03. The molecule has 0 spiro atoms. The van der Waals surface area contributed by atoms with Crippen molar-refractivity contribution in [1.82, 2.24) is 20.0 Å². The predicted molar refractivity (Wildman–Crippen MR) is 201 cm³/mol. The van der Waals surface area contributed by atoms with E-state index in [1.807, 2.05) is 0 Å². The average molecular weight is 668 g/mol. The van der Waals surface area contributed by atoms with E-state index in [1.165, 1.54) is 29.9 Å². The fraction of sp³-hybridized carbons (Fsp3) is 0.325. The third kappa shape index (κ3) is 11.0. The number of hydrogen-bond donors (Lipinski definition) is 2. The largest absolute Gasteiger partial charge is 0.496 e. The van der Waals surface area contributed by atoms with Crippen molar-refractivity contribution in [2.24, 2.45) is 0 Å². The van der Waals surface area contributed by atoms with Crippen molar-refractivity contribution in [3.8, 4) is 5.75 Å². The molecule has 1 saturated heterocycles. The van der Waals surface area contributed by atoms with E-state index in [4.69, 9.17) is 22.1 Å². The Morgan fingerprint density at radius 2 is 1.46 bits per heavy atom. The summed E-state index contributed by atoms with van der Waals surface area (Å²) in [7, 11) is 1.50. The summed E-state index contributed by atoms with van der Waals surface area (Å²) in [5.74, 6) is 0.211. The number of benzene rings is 4. The number of piperazine rings is 1. The van der Waals surface area contributed by atoms with Crippen molar-refractivity contribution in [3.05, 3.63) is 136 Å². The molecule has 254 valence electrons. The van der Waals surface area contributed by atoms with E-state index in [9.17, 15) is 4.79 Å². The highest BCUT2D eigenvalue weighted by atomic mass is 35.5. The van der Waals surface area contributed by atoms with Gasteiger partial charge < -0.3 is 20.7 Å². The zero-order chi connectivity index (χ0) is 34.1. The van der Waals surface area contributed by atoms with Gasteiger partial charge in [0.2, 0.25) is 0 Å². The molecule has 0 radical (unpaired) electrons. The maximum absolute atomic E-state index is 12.1. The Morgan fingerprint density at radius 3 is 2.00 bits per heavy atom. The number of rotatable bonds is 13. The van der Waals surface area contributed by atoms with Crippen molar-refractivity contribution in [2.75, 3.05) is 71.7 Å². The summed E-state index contributed by atoms with van der Waals surface area (Å²) in [5, 5.41) is 3.21. The molecular weight excluding hydrogens is 618 g/mol. The van der Waals surface area contributed by atoms with Crippen molar-refractivity contribution in [1.29, 1.82) is 0 Å². The first-order chi connectivity index (χ1) is 23.4. The summed E-state index contributed by atoms with van der Waals surface area (Å²) in [6.45, 7) is 12.9. The number of ether oxygens (including phenoxy) is 1. The number of nitrogens with zero attached hydrogens (tertiary/aromatic N) is 3. The van der Waals surface area contributed by atoms with E-state index in [0.29, 0.717) is 34.6 Å². The van der Waals surface area contributed by atoms with Crippen LogP contribution in [0.25, 0.3) is 6.08 Å². The molecule has 4 aromatic rings. The van der Waals surface area contributed by atoms with Crippen molar-refractivity contribution >= 4 is 29.3 Å². The molecule has 0 atom stereocenters. The summed E-state index contributed by atoms with van der Waals surface area (Å²) in [6, 6.07) is 35.8. The second-order valence-electron chi connectivity index (χ2n) is 11.7. The molecule has 7 nitrogen and oxygen atoms in total. The summed E-state index contributed by atoms with van der Waals surface area (Å²) in [5.41, 5.74) is 10.5. The van der Waals surface area contributed by atoms with Gasteiger partial charge in [0.15, 0.2) is 0 Å². The molecule has 3 N–H and O–H groups in total. The number of anilines is 1. The first-order valence-electron chi connectivity index (χ1n) is 16.8. The first-order valence-corrected chi connectivity index (χ1v) is 17.2. The number of amides is 1. The Hall–Kier alpha value is -4.14. The van der Waals surface area contributed by atoms with Gasteiger partial charge in [-0.3, -0.25) is 14.6 Å². The molecule has 1 aliphatic heterocycles. The van der Waals surface area contributed by atoms with Crippen LogP contribution in [0.15, 0.2) is 109 Å². The molecule has 8 heteroatoms. The minimum absolute atomic E-state index is 0.212. The topological polar surface area (TPSA) is 74.1 Å². The van der Waals surface area contributed by atoms with E-state index < -0.39 is 0 Å². The average Bonchev–Trinajstić information content (AvgIpc) is 3.13. The van der Waals surface area contributed by atoms with E-state index in [0.717, 1.165) is 52.4 Å². The fourth-order valence-electron chi connectivity index (χ4n) is 5.87. The second-order valence-corrected chi connectivity index (χ2v) is 12.1. The molecular formula is C40H50ClN5O2. The van der Waals surface area contributed by atoms with Gasteiger partial charge in [0.1, 0.15) is 5.75 Å². The number of nitrogens with two attached hydrogens (primary N) is 1. The molecule has 0 bridgehead atoms. The number of methoxy groups -OCH3 is 1. The van der Waals surface area contributed by atoms with E-state index in [-0.39, 0.29) is 5.91 Å². The lowest BCUT2D eigenvalue weighted by Gasteiger charge is -2.39. The van der Waals surface area contributed by atoms with Gasteiger partial charge in [0, 0.05) is 51.9 Å². The molecule has 1 heterocycles. The van der Waals surface area contributed by atoms with Crippen LogP contribution in [-0.2, 0) is 0 Å². The van der Waals surface area contributed by atoms with Crippen LogP contribution in [0, 0.1) is 0 Å². The number of carbonyl (C=O) groups is 1. The normalized spacial score (nSPS) is 13.8. The number of carbonyl (C=O) groups excluding carboxylic acids is 1. The van der Waals surface area contributed by atoms with Gasteiger partial charge in [-0.1, -0.05) is 129 Å². The lowest BCUT2D eigenvalue weighted by Crippen LogP contribution is -2.47. The van der Waals surface area contributed by atoms with Crippen molar-refractivity contribution in [2.45, 2.75) is 19.9 Å². The van der Waals surface area contributed by atoms with Crippen LogP contribution in [0.4, 0.5) is 5.69 Å². The van der Waals surface area contributed by atoms with Crippen LogP contribution in [0.1, 0.15) is 46.9 Å². The molecule has 1 fully saturated rings. The quantitative estimate of drug-likeness (QED) is 0.148. The van der Waals surface area contributed by atoms with Crippen molar-refractivity contribution in [3.63, 3.8) is 0 Å². The Labute approximate surface area is 291 Å².